The molecule has 2 aromatic rings. The number of hydrogen-bond acceptors (Lipinski definition) is 6. The van der Waals surface area contributed by atoms with Gasteiger partial charge < -0.3 is 24.6 Å². The van der Waals surface area contributed by atoms with Gasteiger partial charge >= 0.3 is 6.09 Å². The molecule has 0 radical (unpaired) electrons. The molecule has 154 valence electrons. The number of carbonyl (C=O) groups excluding carboxylic acids is 2. The molecule has 29 heavy (non-hydrogen) atoms. The van der Waals surface area contributed by atoms with Crippen molar-refractivity contribution in [3.63, 3.8) is 0 Å². The van der Waals surface area contributed by atoms with Crippen LogP contribution in [-0.4, -0.2) is 61.8 Å². The second-order valence-corrected chi connectivity index (χ2v) is 6.73. The van der Waals surface area contributed by atoms with Crippen LogP contribution >= 0.6 is 0 Å². The first-order valence-corrected chi connectivity index (χ1v) is 9.60. The molecule has 3 rings (SSSR count). The first-order valence-electron chi connectivity index (χ1n) is 9.60. The Hall–Kier alpha value is -3.29. The third-order valence-electron chi connectivity index (χ3n) is 4.75. The van der Waals surface area contributed by atoms with Gasteiger partial charge in [-0.15, -0.1) is 0 Å². The number of carbonyl (C=O) groups is 2. The van der Waals surface area contributed by atoms with E-state index in [2.05, 4.69) is 15.2 Å². The van der Waals surface area contributed by atoms with Crippen molar-refractivity contribution in [3.05, 3.63) is 47.8 Å². The number of hydrogen-bond donors (Lipinski definition) is 1. The molecule has 1 saturated heterocycles. The summed E-state index contributed by atoms with van der Waals surface area (Å²) >= 11 is 0. The number of nitrogens with one attached hydrogen (secondary N) is 1. The minimum absolute atomic E-state index is 0.283. The average Bonchev–Trinajstić information content (AvgIpc) is 2.74. The molecule has 2 heterocycles. The van der Waals surface area contributed by atoms with Crippen LogP contribution in [0.1, 0.15) is 23.0 Å². The van der Waals surface area contributed by atoms with E-state index in [9.17, 15) is 9.59 Å². The lowest BCUT2D eigenvalue weighted by molar-refractivity contribution is 0.102. The molecule has 1 fully saturated rings. The van der Waals surface area contributed by atoms with Gasteiger partial charge in [-0.2, -0.15) is 0 Å². The summed E-state index contributed by atoms with van der Waals surface area (Å²) < 4.78 is 10.4. The molecular formula is C21H26N4O4. The van der Waals surface area contributed by atoms with Gasteiger partial charge in [-0.05, 0) is 43.7 Å². The number of aromatic nitrogens is 1. The molecule has 0 aliphatic carbocycles. The second kappa shape index (κ2) is 9.27. The number of ether oxygens (including phenoxy) is 2. The van der Waals surface area contributed by atoms with Crippen molar-refractivity contribution >= 4 is 23.4 Å². The van der Waals surface area contributed by atoms with E-state index >= 15 is 0 Å². The highest BCUT2D eigenvalue weighted by molar-refractivity contribution is 6.04. The number of amides is 2. The van der Waals surface area contributed by atoms with Crippen molar-refractivity contribution in [1.29, 1.82) is 0 Å². The van der Waals surface area contributed by atoms with Crippen LogP contribution in [0.5, 0.6) is 5.75 Å². The van der Waals surface area contributed by atoms with Crippen molar-refractivity contribution < 1.29 is 19.1 Å². The quantitative estimate of drug-likeness (QED) is 0.834. The number of nitrogens with zero attached hydrogens (tertiary/aromatic N) is 3. The Morgan fingerprint density at radius 3 is 2.59 bits per heavy atom. The number of benzene rings is 1. The summed E-state index contributed by atoms with van der Waals surface area (Å²) in [7, 11) is 1.56. The third-order valence-corrected chi connectivity index (χ3v) is 4.75. The fourth-order valence-corrected chi connectivity index (χ4v) is 3.21. The predicted octanol–water partition coefficient (Wildman–Crippen LogP) is 2.93. The number of rotatable bonds is 5. The predicted molar refractivity (Wildman–Crippen MR) is 111 cm³/mol. The lowest BCUT2D eigenvalue weighted by Gasteiger charge is -2.35. The molecule has 1 aromatic carbocycles. The molecule has 0 bridgehead atoms. The van der Waals surface area contributed by atoms with Gasteiger partial charge in [-0.3, -0.25) is 9.78 Å². The van der Waals surface area contributed by atoms with Gasteiger partial charge in [0.25, 0.3) is 5.91 Å². The molecule has 1 N–H and O–H groups in total. The lowest BCUT2D eigenvalue weighted by atomic mass is 10.2. The molecule has 0 unspecified atom stereocenters. The van der Waals surface area contributed by atoms with Crippen LogP contribution in [-0.2, 0) is 4.74 Å². The zero-order valence-electron chi connectivity index (χ0n) is 17.0. The van der Waals surface area contributed by atoms with Gasteiger partial charge in [0.2, 0.25) is 0 Å². The Labute approximate surface area is 170 Å². The Bertz CT molecular complexity index is 879. The lowest BCUT2D eigenvalue weighted by Crippen LogP contribution is -2.49. The topological polar surface area (TPSA) is 84.0 Å². The summed E-state index contributed by atoms with van der Waals surface area (Å²) in [5, 5.41) is 2.87. The van der Waals surface area contributed by atoms with Crippen molar-refractivity contribution in [2.75, 3.05) is 50.1 Å². The molecule has 0 atom stereocenters. The Kier molecular flexibility index (Phi) is 6.54. The summed E-state index contributed by atoms with van der Waals surface area (Å²) in [5.41, 5.74) is 2.83. The zero-order chi connectivity index (χ0) is 20.8. The molecule has 1 aliphatic heterocycles. The molecule has 1 aliphatic rings. The fourth-order valence-electron chi connectivity index (χ4n) is 3.21. The maximum atomic E-state index is 12.7. The van der Waals surface area contributed by atoms with Crippen molar-refractivity contribution in [2.45, 2.75) is 13.8 Å². The van der Waals surface area contributed by atoms with E-state index in [4.69, 9.17) is 9.47 Å². The number of pyridine rings is 1. The van der Waals surface area contributed by atoms with E-state index in [0.29, 0.717) is 49.9 Å². The van der Waals surface area contributed by atoms with Gasteiger partial charge in [0.1, 0.15) is 11.4 Å². The first kappa shape index (κ1) is 20.4. The summed E-state index contributed by atoms with van der Waals surface area (Å²) in [5.74, 6) is 0.288. The Balaban J connectivity index is 1.68. The van der Waals surface area contributed by atoms with Gasteiger partial charge in [-0.25, -0.2) is 4.79 Å². The SMILES string of the molecule is CCOC(=O)N1CCN(c2ccnc(C(=O)Nc3cc(C)ccc3OC)c2)CC1. The number of aryl methyl sites for hydroxylation is 1. The molecule has 1 aromatic heterocycles. The van der Waals surface area contributed by atoms with Crippen LogP contribution in [0.15, 0.2) is 36.5 Å². The van der Waals surface area contributed by atoms with Crippen LogP contribution in [0.4, 0.5) is 16.2 Å². The highest BCUT2D eigenvalue weighted by atomic mass is 16.6. The number of piperazine rings is 1. The smallest absolute Gasteiger partial charge is 0.409 e. The van der Waals surface area contributed by atoms with Crippen LogP contribution in [0.3, 0.4) is 0 Å². The van der Waals surface area contributed by atoms with E-state index in [1.165, 1.54) is 0 Å². The standard InChI is InChI=1S/C21H26N4O4/c1-4-29-21(27)25-11-9-24(10-12-25)16-7-8-22-18(14-16)20(26)23-17-13-15(2)5-6-19(17)28-3/h5-8,13-14H,4,9-12H2,1-3H3,(H,23,26). The van der Waals surface area contributed by atoms with E-state index in [1.54, 1.807) is 31.2 Å². The van der Waals surface area contributed by atoms with E-state index < -0.39 is 0 Å². The van der Waals surface area contributed by atoms with Gasteiger partial charge in [0.15, 0.2) is 0 Å². The molecule has 8 nitrogen and oxygen atoms in total. The highest BCUT2D eigenvalue weighted by Gasteiger charge is 2.23. The van der Waals surface area contributed by atoms with Crippen LogP contribution in [0, 0.1) is 6.92 Å². The zero-order valence-corrected chi connectivity index (χ0v) is 17.0. The average molecular weight is 398 g/mol. The monoisotopic (exact) mass is 398 g/mol. The molecule has 2 amide bonds. The van der Waals surface area contributed by atoms with Crippen molar-refractivity contribution in [3.8, 4) is 5.75 Å². The van der Waals surface area contributed by atoms with Gasteiger partial charge in [-0.1, -0.05) is 6.07 Å². The summed E-state index contributed by atoms with van der Waals surface area (Å²) in [6.45, 7) is 6.58. The van der Waals surface area contributed by atoms with E-state index in [-0.39, 0.29) is 12.0 Å². The molecule has 8 heteroatoms. The molecule has 0 spiro atoms. The van der Waals surface area contributed by atoms with Crippen LogP contribution in [0.25, 0.3) is 0 Å². The van der Waals surface area contributed by atoms with Crippen molar-refractivity contribution in [2.24, 2.45) is 0 Å². The summed E-state index contributed by atoms with van der Waals surface area (Å²) in [6.07, 6.45) is 1.34. The van der Waals surface area contributed by atoms with Crippen LogP contribution < -0.4 is 15.0 Å². The fraction of sp³-hybridized carbons (Fsp3) is 0.381. The minimum atomic E-state index is -0.305. The number of anilines is 2. The minimum Gasteiger partial charge on any atom is -0.495 e. The number of methoxy groups -OCH3 is 1. The normalized spacial score (nSPS) is 13.8. The Morgan fingerprint density at radius 1 is 1.14 bits per heavy atom. The highest BCUT2D eigenvalue weighted by Crippen LogP contribution is 2.26. The first-order chi connectivity index (χ1) is 14.0. The second-order valence-electron chi connectivity index (χ2n) is 6.73. The maximum Gasteiger partial charge on any atom is 0.409 e. The molecule has 0 saturated carbocycles. The maximum absolute atomic E-state index is 12.7. The summed E-state index contributed by atoms with van der Waals surface area (Å²) in [6, 6.07) is 9.22. The third kappa shape index (κ3) is 4.96. The summed E-state index contributed by atoms with van der Waals surface area (Å²) in [4.78, 5) is 32.6. The Morgan fingerprint density at radius 2 is 1.90 bits per heavy atom. The van der Waals surface area contributed by atoms with Gasteiger partial charge in [0.05, 0.1) is 19.4 Å². The van der Waals surface area contributed by atoms with Crippen molar-refractivity contribution in [1.82, 2.24) is 9.88 Å². The largest absolute Gasteiger partial charge is 0.495 e. The van der Waals surface area contributed by atoms with Gasteiger partial charge in [0, 0.05) is 38.1 Å². The van der Waals surface area contributed by atoms with Crippen LogP contribution in [0.2, 0.25) is 0 Å². The van der Waals surface area contributed by atoms with E-state index in [0.717, 1.165) is 11.3 Å². The van der Waals surface area contributed by atoms with E-state index in [1.807, 2.05) is 31.2 Å². The molecular weight excluding hydrogens is 372 g/mol.